The fourth-order valence-electron chi connectivity index (χ4n) is 0.646. The zero-order valence-electron chi connectivity index (χ0n) is 6.48. The number of nitrogen functional groups attached to an aromatic ring is 1. The van der Waals surface area contributed by atoms with Crippen molar-refractivity contribution < 1.29 is 10.0 Å². The van der Waals surface area contributed by atoms with Gasteiger partial charge in [-0.2, -0.15) is 0 Å². The molecule has 0 aromatic heterocycles. The van der Waals surface area contributed by atoms with Crippen LogP contribution in [0, 0.1) is 10.1 Å². The molecule has 13 heavy (non-hydrogen) atoms. The third-order valence-corrected chi connectivity index (χ3v) is 1.22. The molecule has 0 saturated carbocycles. The first-order chi connectivity index (χ1) is 6.11. The largest absolute Gasteiger partial charge is 0.506 e. The predicted molar refractivity (Wildman–Crippen MR) is 54.7 cm³/mol. The minimum absolute atomic E-state index is 0.135. The van der Waals surface area contributed by atoms with Gasteiger partial charge in [-0.25, -0.2) is 0 Å². The van der Waals surface area contributed by atoms with E-state index in [0.29, 0.717) is 0 Å². The van der Waals surface area contributed by atoms with Crippen molar-refractivity contribution in [1.29, 1.82) is 0 Å². The Kier molecular flexibility index (Phi) is 5.11. The fraction of sp³-hybridized carbons (Fsp3) is 0. The Morgan fingerprint density at radius 1 is 1.54 bits per heavy atom. The van der Waals surface area contributed by atoms with Crippen molar-refractivity contribution in [3.8, 4) is 5.75 Å². The van der Waals surface area contributed by atoms with E-state index in [2.05, 4.69) is 11.2 Å². The Morgan fingerprint density at radius 2 is 2.08 bits per heavy atom. The van der Waals surface area contributed by atoms with Crippen molar-refractivity contribution in [1.82, 2.24) is 0 Å². The number of benzene rings is 1. The first-order valence-corrected chi connectivity index (χ1v) is 4.80. The van der Waals surface area contributed by atoms with Crippen LogP contribution >= 0.6 is 19.8 Å². The van der Waals surface area contributed by atoms with Gasteiger partial charge in [-0.3, -0.25) is 10.1 Å². The summed E-state index contributed by atoms with van der Waals surface area (Å²) in [4.78, 5) is 9.52. The van der Waals surface area contributed by atoms with Crippen LogP contribution in [0.15, 0.2) is 18.2 Å². The molecule has 1 atom stereocenters. The smallest absolute Gasteiger partial charge is 0.273 e. The maximum absolute atomic E-state index is 10.1. The van der Waals surface area contributed by atoms with E-state index in [1.54, 1.807) is 0 Å². The summed E-state index contributed by atoms with van der Waals surface area (Å²) < 4.78 is 0. The zero-order valence-corrected chi connectivity index (χ0v) is 8.39. The number of phenolic OH excluding ortho intramolecular Hbond substituents is 1. The molecule has 0 fully saturated rings. The van der Waals surface area contributed by atoms with Crippen LogP contribution in [0.2, 0.25) is 0 Å². The zero-order chi connectivity index (χ0) is 10.4. The average molecular weight is 223 g/mol. The van der Waals surface area contributed by atoms with Gasteiger partial charge in [0, 0.05) is 6.07 Å². The Morgan fingerprint density at radius 3 is 2.46 bits per heavy atom. The Bertz CT molecular complexity index is 308. The van der Waals surface area contributed by atoms with Crippen LogP contribution in [0.5, 0.6) is 5.75 Å². The first-order valence-electron chi connectivity index (χ1n) is 3.06. The van der Waals surface area contributed by atoms with Crippen molar-refractivity contribution in [2.45, 2.75) is 0 Å². The van der Waals surface area contributed by atoms with Gasteiger partial charge in [0.2, 0.25) is 0 Å². The molecule has 1 unspecified atom stereocenters. The lowest BCUT2D eigenvalue weighted by molar-refractivity contribution is -0.384. The van der Waals surface area contributed by atoms with Crippen molar-refractivity contribution in [3.05, 3.63) is 28.3 Å². The number of nitro benzene ring substituents is 1. The second-order valence-electron chi connectivity index (χ2n) is 2.00. The number of nitro groups is 1. The molecule has 1 rings (SSSR count). The lowest BCUT2D eigenvalue weighted by Gasteiger charge is -1.95. The van der Waals surface area contributed by atoms with Crippen LogP contribution in [0.25, 0.3) is 0 Å². The maximum atomic E-state index is 10.1. The fourth-order valence-corrected chi connectivity index (χ4v) is 0.646. The lowest BCUT2D eigenvalue weighted by atomic mass is 10.3. The molecule has 0 aliphatic rings. The summed E-state index contributed by atoms with van der Waals surface area (Å²) >= 11 is 4.56. The third kappa shape index (κ3) is 3.44. The van der Waals surface area contributed by atoms with E-state index in [0.717, 1.165) is 6.07 Å². The second kappa shape index (κ2) is 5.56. The maximum Gasteiger partial charge on any atom is 0.273 e. The molecular weight excluding hydrogens is 215 g/mol. The van der Waals surface area contributed by atoms with Crippen LogP contribution in [0.4, 0.5) is 11.4 Å². The number of nitrogens with two attached hydrogens (primary N) is 1. The second-order valence-corrected chi connectivity index (χ2v) is 2.00. The van der Waals surface area contributed by atoms with Crippen LogP contribution in [0.3, 0.4) is 0 Å². The molecule has 0 aliphatic heterocycles. The minimum atomic E-state index is -0.598. The normalized spacial score (nSPS) is 8.46. The number of non-ortho nitro benzene ring substituents is 1. The van der Waals surface area contributed by atoms with Crippen molar-refractivity contribution >= 4 is 31.2 Å². The van der Waals surface area contributed by atoms with Crippen LogP contribution in [-0.2, 0) is 0 Å². The van der Waals surface area contributed by atoms with Gasteiger partial charge in [0.25, 0.3) is 5.69 Å². The molecule has 0 radical (unpaired) electrons. The van der Waals surface area contributed by atoms with Gasteiger partial charge in [-0.15, -0.1) is 11.2 Å². The van der Waals surface area contributed by atoms with Gasteiger partial charge in [0.1, 0.15) is 5.75 Å². The highest BCUT2D eigenvalue weighted by atomic mass is 35.7. The molecule has 1 aromatic rings. The van der Waals surface area contributed by atoms with E-state index < -0.39 is 4.92 Å². The Balaban J connectivity index is 0.000000671. The van der Waals surface area contributed by atoms with Crippen molar-refractivity contribution in [2.75, 3.05) is 5.73 Å². The van der Waals surface area contributed by atoms with E-state index >= 15 is 0 Å². The molecule has 72 valence electrons. The quantitative estimate of drug-likeness (QED) is 0.250. The van der Waals surface area contributed by atoms with Gasteiger partial charge >= 0.3 is 0 Å². The molecular formula is C6H8ClN2O3P. The van der Waals surface area contributed by atoms with Crippen molar-refractivity contribution in [3.63, 3.8) is 0 Å². The van der Waals surface area contributed by atoms with Crippen LogP contribution in [-0.4, -0.2) is 10.0 Å². The van der Waals surface area contributed by atoms with Gasteiger partial charge in [-0.05, 0) is 14.7 Å². The summed E-state index contributed by atoms with van der Waals surface area (Å²) in [5.74, 6) is -0.265. The Labute approximate surface area is 81.6 Å². The number of phenols is 1. The number of aromatic hydroxyl groups is 1. The first kappa shape index (κ1) is 11.9. The summed E-state index contributed by atoms with van der Waals surface area (Å²) in [6.45, 7) is 0. The van der Waals surface area contributed by atoms with Crippen LogP contribution < -0.4 is 5.73 Å². The molecule has 1 aromatic carbocycles. The summed E-state index contributed by atoms with van der Waals surface area (Å²) in [5.41, 5.74) is 5.18. The van der Waals surface area contributed by atoms with Gasteiger partial charge in [0.15, 0.2) is 0 Å². The highest BCUT2D eigenvalue weighted by Crippen LogP contribution is 2.24. The number of hydrogen-bond acceptors (Lipinski definition) is 4. The number of anilines is 1. The topological polar surface area (TPSA) is 89.4 Å². The van der Waals surface area contributed by atoms with Crippen LogP contribution in [0.1, 0.15) is 0 Å². The average Bonchev–Trinajstić information content (AvgIpc) is 2.13. The molecule has 7 heteroatoms. The molecule has 0 bridgehead atoms. The summed E-state index contributed by atoms with van der Waals surface area (Å²) in [6, 6.07) is 3.53. The molecule has 0 saturated heterocycles. The molecule has 3 N–H and O–H groups in total. The van der Waals surface area contributed by atoms with Gasteiger partial charge in [0.05, 0.1) is 16.7 Å². The SMILES string of the molecule is Nc1ccc([N+](=O)[O-])cc1O.PCl. The molecule has 0 amide bonds. The standard InChI is InChI=1S/C6H6N2O3.ClH2P/c7-5-2-1-4(8(10)11)3-6(5)9;1-2/h1-3,9H,7H2;2H2. The van der Waals surface area contributed by atoms with E-state index in [9.17, 15) is 10.1 Å². The highest BCUT2D eigenvalue weighted by molar-refractivity contribution is 7.52. The van der Waals surface area contributed by atoms with E-state index in [1.807, 2.05) is 8.59 Å². The number of nitrogens with zero attached hydrogens (tertiary/aromatic N) is 1. The van der Waals surface area contributed by atoms with Gasteiger partial charge in [-0.1, -0.05) is 0 Å². The molecule has 0 aliphatic carbocycles. The number of hydrogen-bond donors (Lipinski definition) is 2. The van der Waals surface area contributed by atoms with E-state index in [1.165, 1.54) is 12.1 Å². The molecule has 5 nitrogen and oxygen atoms in total. The Hall–Kier alpha value is -1.06. The van der Waals surface area contributed by atoms with E-state index in [-0.39, 0.29) is 17.1 Å². The predicted octanol–water partition coefficient (Wildman–Crippen LogP) is 1.90. The van der Waals surface area contributed by atoms with E-state index in [4.69, 9.17) is 10.8 Å². The minimum Gasteiger partial charge on any atom is -0.506 e. The number of rotatable bonds is 1. The summed E-state index contributed by atoms with van der Waals surface area (Å²) in [5, 5.41) is 19.0. The molecule has 0 spiro atoms. The number of halogens is 1. The summed E-state index contributed by atoms with van der Waals surface area (Å²) in [7, 11) is 1.89. The lowest BCUT2D eigenvalue weighted by Crippen LogP contribution is -1.89. The summed E-state index contributed by atoms with van der Waals surface area (Å²) in [6.07, 6.45) is 0. The highest BCUT2D eigenvalue weighted by Gasteiger charge is 2.06. The third-order valence-electron chi connectivity index (χ3n) is 1.22. The molecule has 0 heterocycles. The van der Waals surface area contributed by atoms with Crippen molar-refractivity contribution in [2.24, 2.45) is 0 Å². The monoisotopic (exact) mass is 222 g/mol. The van der Waals surface area contributed by atoms with Gasteiger partial charge < -0.3 is 10.8 Å².